The number of amides is 1. The third-order valence-electron chi connectivity index (χ3n) is 3.42. The second-order valence-corrected chi connectivity index (χ2v) is 5.98. The zero-order valence-electron chi connectivity index (χ0n) is 13.0. The molecule has 1 amide bonds. The Labute approximate surface area is 148 Å². The molecule has 3 rings (SSSR count). The minimum absolute atomic E-state index is 0.242. The first-order valence-corrected chi connectivity index (χ1v) is 8.17. The molecule has 2 aromatic carbocycles. The van der Waals surface area contributed by atoms with Gasteiger partial charge in [0.2, 0.25) is 5.91 Å². The zero-order valence-corrected chi connectivity index (χ0v) is 14.6. The molecule has 0 unspecified atom stereocenters. The topological polar surface area (TPSA) is 56.8 Å². The molecule has 0 radical (unpaired) electrons. The van der Waals surface area contributed by atoms with Gasteiger partial charge in [0.1, 0.15) is 19.0 Å². The number of carbonyl (C=O) groups excluding carboxylic acids is 1. The van der Waals surface area contributed by atoms with Gasteiger partial charge in [0.05, 0.1) is 7.11 Å². The van der Waals surface area contributed by atoms with Crippen LogP contribution in [0.4, 0.5) is 5.69 Å². The maximum atomic E-state index is 12.1. The van der Waals surface area contributed by atoms with Crippen LogP contribution in [0.5, 0.6) is 17.2 Å². The van der Waals surface area contributed by atoms with Crippen LogP contribution < -0.4 is 19.5 Å². The Balaban J connectivity index is 1.70. The lowest BCUT2D eigenvalue weighted by atomic mass is 10.2. The molecule has 0 spiro atoms. The molecule has 1 aliphatic rings. The molecular weight excluding hydrogens is 374 g/mol. The van der Waals surface area contributed by atoms with Gasteiger partial charge in [-0.25, -0.2) is 0 Å². The molecule has 0 fully saturated rings. The molecule has 124 valence electrons. The van der Waals surface area contributed by atoms with Crippen LogP contribution in [0.1, 0.15) is 5.56 Å². The van der Waals surface area contributed by atoms with E-state index in [2.05, 4.69) is 21.2 Å². The fourth-order valence-corrected chi connectivity index (χ4v) is 2.68. The van der Waals surface area contributed by atoms with E-state index in [1.165, 1.54) is 6.08 Å². The Bertz CT molecular complexity index is 789. The van der Waals surface area contributed by atoms with Gasteiger partial charge in [-0.2, -0.15) is 0 Å². The first kappa shape index (κ1) is 16.4. The van der Waals surface area contributed by atoms with Gasteiger partial charge in [-0.15, -0.1) is 0 Å². The summed E-state index contributed by atoms with van der Waals surface area (Å²) in [7, 11) is 1.59. The Morgan fingerprint density at radius 2 is 1.96 bits per heavy atom. The third kappa shape index (κ3) is 3.89. The number of hydrogen-bond acceptors (Lipinski definition) is 4. The van der Waals surface area contributed by atoms with Gasteiger partial charge in [-0.3, -0.25) is 4.79 Å². The third-order valence-corrected chi connectivity index (χ3v) is 3.91. The summed E-state index contributed by atoms with van der Waals surface area (Å²) in [5.41, 5.74) is 1.46. The fourth-order valence-electron chi connectivity index (χ4n) is 2.31. The van der Waals surface area contributed by atoms with Crippen LogP contribution in [0, 0.1) is 0 Å². The summed E-state index contributed by atoms with van der Waals surface area (Å²) in [5, 5.41) is 2.80. The number of rotatable bonds is 4. The predicted octanol–water partition coefficient (Wildman–Crippen LogP) is 3.88. The monoisotopic (exact) mass is 389 g/mol. The van der Waals surface area contributed by atoms with Crippen LogP contribution in [-0.4, -0.2) is 26.2 Å². The van der Waals surface area contributed by atoms with Crippen molar-refractivity contribution >= 4 is 33.6 Å². The van der Waals surface area contributed by atoms with E-state index in [0.29, 0.717) is 36.1 Å². The highest BCUT2D eigenvalue weighted by Crippen LogP contribution is 2.32. The molecular formula is C18H16BrNO4. The molecule has 0 saturated carbocycles. The lowest BCUT2D eigenvalue weighted by Crippen LogP contribution is -2.16. The molecule has 1 aliphatic heterocycles. The fraction of sp³-hybridized carbons (Fsp3) is 0.167. The minimum Gasteiger partial charge on any atom is -0.496 e. The van der Waals surface area contributed by atoms with E-state index < -0.39 is 0 Å². The Morgan fingerprint density at radius 1 is 1.17 bits per heavy atom. The van der Waals surface area contributed by atoms with Crippen LogP contribution in [0.2, 0.25) is 0 Å². The number of halogens is 1. The van der Waals surface area contributed by atoms with Crippen LogP contribution in [-0.2, 0) is 4.79 Å². The van der Waals surface area contributed by atoms with Gasteiger partial charge in [0, 0.05) is 27.9 Å². The molecule has 24 heavy (non-hydrogen) atoms. The highest BCUT2D eigenvalue weighted by atomic mass is 79.9. The summed E-state index contributed by atoms with van der Waals surface area (Å²) in [6.45, 7) is 1.04. The Morgan fingerprint density at radius 3 is 2.75 bits per heavy atom. The SMILES string of the molecule is COc1ccc(Br)cc1C=CC(=O)Nc1ccc2c(c1)OCCO2. The normalized spacial score (nSPS) is 12.9. The maximum Gasteiger partial charge on any atom is 0.248 e. The lowest BCUT2D eigenvalue weighted by Gasteiger charge is -2.18. The summed E-state index contributed by atoms with van der Waals surface area (Å²) in [6.07, 6.45) is 3.16. The van der Waals surface area contributed by atoms with Crippen LogP contribution in [0.3, 0.4) is 0 Å². The second kappa shape index (κ2) is 7.40. The summed E-state index contributed by atoms with van der Waals surface area (Å²) < 4.78 is 17.1. The van der Waals surface area contributed by atoms with Crippen molar-refractivity contribution in [3.8, 4) is 17.2 Å². The number of fused-ring (bicyclic) bond motifs is 1. The van der Waals surface area contributed by atoms with Gasteiger partial charge in [0.15, 0.2) is 11.5 Å². The van der Waals surface area contributed by atoms with Crippen molar-refractivity contribution in [1.82, 2.24) is 0 Å². The average molecular weight is 390 g/mol. The molecule has 0 bridgehead atoms. The van der Waals surface area contributed by atoms with Crippen LogP contribution >= 0.6 is 15.9 Å². The van der Waals surface area contributed by atoms with Crippen LogP contribution in [0.25, 0.3) is 6.08 Å². The van der Waals surface area contributed by atoms with Crippen molar-refractivity contribution in [1.29, 1.82) is 0 Å². The predicted molar refractivity (Wildman–Crippen MR) is 95.8 cm³/mol. The maximum absolute atomic E-state index is 12.1. The summed E-state index contributed by atoms with van der Waals surface area (Å²) in [5.74, 6) is 1.78. The van der Waals surface area contributed by atoms with Gasteiger partial charge in [-0.05, 0) is 36.4 Å². The van der Waals surface area contributed by atoms with Gasteiger partial charge >= 0.3 is 0 Å². The van der Waals surface area contributed by atoms with Crippen molar-refractivity contribution in [2.45, 2.75) is 0 Å². The summed E-state index contributed by atoms with van der Waals surface area (Å²) in [4.78, 5) is 12.1. The van der Waals surface area contributed by atoms with E-state index in [0.717, 1.165) is 10.0 Å². The number of nitrogens with one attached hydrogen (secondary N) is 1. The number of hydrogen-bond donors (Lipinski definition) is 1. The molecule has 5 nitrogen and oxygen atoms in total. The van der Waals surface area contributed by atoms with Gasteiger partial charge in [0.25, 0.3) is 0 Å². The standard InChI is InChI=1S/C18H16BrNO4/c1-22-15-5-3-13(19)10-12(15)2-7-18(21)20-14-4-6-16-17(11-14)24-9-8-23-16/h2-7,10-11H,8-9H2,1H3,(H,20,21). The van der Waals surface area contributed by atoms with Crippen molar-refractivity contribution < 1.29 is 19.0 Å². The van der Waals surface area contributed by atoms with E-state index >= 15 is 0 Å². The quantitative estimate of drug-likeness (QED) is 0.806. The van der Waals surface area contributed by atoms with Gasteiger partial charge in [-0.1, -0.05) is 15.9 Å². The number of ether oxygens (including phenoxy) is 3. The van der Waals surface area contributed by atoms with Crippen molar-refractivity contribution in [2.24, 2.45) is 0 Å². The lowest BCUT2D eigenvalue weighted by molar-refractivity contribution is -0.111. The highest BCUT2D eigenvalue weighted by Gasteiger charge is 2.12. The number of methoxy groups -OCH3 is 1. The number of anilines is 1. The highest BCUT2D eigenvalue weighted by molar-refractivity contribution is 9.10. The first-order valence-electron chi connectivity index (χ1n) is 7.38. The second-order valence-electron chi connectivity index (χ2n) is 5.07. The van der Waals surface area contributed by atoms with Crippen molar-refractivity contribution in [2.75, 3.05) is 25.6 Å². The van der Waals surface area contributed by atoms with E-state index in [9.17, 15) is 4.79 Å². The summed E-state index contributed by atoms with van der Waals surface area (Å²) in [6, 6.07) is 10.9. The van der Waals surface area contributed by atoms with Crippen molar-refractivity contribution in [3.05, 3.63) is 52.5 Å². The minimum atomic E-state index is -0.242. The summed E-state index contributed by atoms with van der Waals surface area (Å²) >= 11 is 3.41. The largest absolute Gasteiger partial charge is 0.496 e. The van der Waals surface area contributed by atoms with E-state index in [-0.39, 0.29) is 5.91 Å². The molecule has 1 N–H and O–H groups in total. The smallest absolute Gasteiger partial charge is 0.248 e. The van der Waals surface area contributed by atoms with Crippen LogP contribution in [0.15, 0.2) is 46.9 Å². The van der Waals surface area contributed by atoms with E-state index in [1.54, 1.807) is 31.4 Å². The van der Waals surface area contributed by atoms with E-state index in [1.807, 2.05) is 18.2 Å². The zero-order chi connectivity index (χ0) is 16.9. The molecule has 0 saturated heterocycles. The van der Waals surface area contributed by atoms with Crippen molar-refractivity contribution in [3.63, 3.8) is 0 Å². The van der Waals surface area contributed by atoms with Gasteiger partial charge < -0.3 is 19.5 Å². The molecule has 0 atom stereocenters. The van der Waals surface area contributed by atoms with E-state index in [4.69, 9.17) is 14.2 Å². The first-order chi connectivity index (χ1) is 11.7. The Kier molecular flexibility index (Phi) is 5.05. The average Bonchev–Trinajstić information content (AvgIpc) is 2.60. The molecule has 1 heterocycles. The molecule has 0 aromatic heterocycles. The molecule has 0 aliphatic carbocycles. The number of benzene rings is 2. The Hall–Kier alpha value is -2.47. The molecule has 2 aromatic rings. The number of carbonyl (C=O) groups is 1. The molecule has 6 heteroatoms.